The largest absolute Gasteiger partial charge is 0.389 e. The number of carbonyl (C=O) groups is 1. The number of aliphatic hydroxyl groups is 1. The van der Waals surface area contributed by atoms with Crippen LogP contribution in [0.4, 0.5) is 10.1 Å². The van der Waals surface area contributed by atoms with Gasteiger partial charge in [0.05, 0.1) is 17.7 Å². The highest BCUT2D eigenvalue weighted by Crippen LogP contribution is 2.32. The highest BCUT2D eigenvalue weighted by atomic mass is 35.5. The number of hydrogen-bond acceptors (Lipinski definition) is 2. The summed E-state index contributed by atoms with van der Waals surface area (Å²) in [5.41, 5.74) is -0.835. The summed E-state index contributed by atoms with van der Waals surface area (Å²) in [6, 6.07) is 4.06. The van der Waals surface area contributed by atoms with Gasteiger partial charge in [-0.15, -0.1) is 0 Å². The zero-order valence-electron chi connectivity index (χ0n) is 9.88. The molecular weight excluding hydrogens is 257 g/mol. The molecule has 2 rings (SSSR count). The lowest BCUT2D eigenvalue weighted by molar-refractivity contribution is -0.120. The second-order valence-electron chi connectivity index (χ2n) is 4.78. The number of amides is 1. The number of halogens is 2. The van der Waals surface area contributed by atoms with Crippen LogP contribution in [0.15, 0.2) is 18.2 Å². The number of rotatable bonds is 3. The molecule has 18 heavy (non-hydrogen) atoms. The van der Waals surface area contributed by atoms with Crippen molar-refractivity contribution in [3.8, 4) is 0 Å². The van der Waals surface area contributed by atoms with E-state index < -0.39 is 11.4 Å². The van der Waals surface area contributed by atoms with Crippen LogP contribution in [0.25, 0.3) is 0 Å². The molecule has 3 nitrogen and oxygen atoms in total. The molecule has 0 heterocycles. The number of nitrogens with one attached hydrogen (secondary N) is 1. The van der Waals surface area contributed by atoms with E-state index >= 15 is 0 Å². The van der Waals surface area contributed by atoms with Gasteiger partial charge in [0.1, 0.15) is 5.82 Å². The molecule has 0 unspecified atom stereocenters. The van der Waals surface area contributed by atoms with Crippen LogP contribution in [-0.4, -0.2) is 16.6 Å². The summed E-state index contributed by atoms with van der Waals surface area (Å²) in [6.07, 6.45) is 3.13. The highest BCUT2D eigenvalue weighted by Gasteiger charge is 2.33. The molecule has 2 N–H and O–H groups in total. The lowest BCUT2D eigenvalue weighted by Gasteiger charge is -2.21. The van der Waals surface area contributed by atoms with E-state index in [2.05, 4.69) is 5.32 Å². The number of benzene rings is 1. The SMILES string of the molecule is O=C(CC1(O)CCCC1)Nc1ccc(Cl)cc1F. The maximum Gasteiger partial charge on any atom is 0.227 e. The fourth-order valence-corrected chi connectivity index (χ4v) is 2.45. The molecule has 1 aromatic rings. The maximum absolute atomic E-state index is 13.5. The van der Waals surface area contributed by atoms with E-state index in [0.29, 0.717) is 12.8 Å². The first kappa shape index (κ1) is 13.3. The van der Waals surface area contributed by atoms with E-state index in [1.807, 2.05) is 0 Å². The lowest BCUT2D eigenvalue weighted by atomic mass is 9.97. The van der Waals surface area contributed by atoms with Gasteiger partial charge in [-0.3, -0.25) is 4.79 Å². The Bertz CT molecular complexity index is 458. The second-order valence-corrected chi connectivity index (χ2v) is 5.22. The van der Waals surface area contributed by atoms with Crippen molar-refractivity contribution in [2.75, 3.05) is 5.32 Å². The van der Waals surface area contributed by atoms with Crippen LogP contribution in [0.5, 0.6) is 0 Å². The van der Waals surface area contributed by atoms with Crippen LogP contribution in [0.1, 0.15) is 32.1 Å². The molecule has 0 bridgehead atoms. The van der Waals surface area contributed by atoms with Crippen LogP contribution in [-0.2, 0) is 4.79 Å². The van der Waals surface area contributed by atoms with Crippen molar-refractivity contribution in [3.63, 3.8) is 0 Å². The Hall–Kier alpha value is -1.13. The van der Waals surface area contributed by atoms with Gasteiger partial charge in [0, 0.05) is 5.02 Å². The molecule has 1 aromatic carbocycles. The Kier molecular flexibility index (Phi) is 3.88. The molecule has 0 aromatic heterocycles. The van der Waals surface area contributed by atoms with Gasteiger partial charge in [-0.05, 0) is 31.0 Å². The minimum absolute atomic E-state index is 0.00899. The molecule has 0 saturated heterocycles. The lowest BCUT2D eigenvalue weighted by Crippen LogP contribution is -2.30. The average molecular weight is 272 g/mol. The van der Waals surface area contributed by atoms with Gasteiger partial charge in [0.2, 0.25) is 5.91 Å². The van der Waals surface area contributed by atoms with Gasteiger partial charge in [-0.1, -0.05) is 24.4 Å². The van der Waals surface area contributed by atoms with Crippen molar-refractivity contribution in [2.45, 2.75) is 37.7 Å². The van der Waals surface area contributed by atoms with Crippen LogP contribution < -0.4 is 5.32 Å². The first-order chi connectivity index (χ1) is 8.48. The maximum atomic E-state index is 13.5. The molecule has 0 spiro atoms. The quantitative estimate of drug-likeness (QED) is 0.887. The molecular formula is C13H15ClFNO2. The first-order valence-corrected chi connectivity index (χ1v) is 6.34. The minimum atomic E-state index is -0.924. The van der Waals surface area contributed by atoms with Crippen molar-refractivity contribution < 1.29 is 14.3 Å². The van der Waals surface area contributed by atoms with Gasteiger partial charge < -0.3 is 10.4 Å². The van der Waals surface area contributed by atoms with Crippen molar-refractivity contribution >= 4 is 23.2 Å². The topological polar surface area (TPSA) is 49.3 Å². The Morgan fingerprint density at radius 1 is 1.44 bits per heavy atom. The molecule has 1 amide bonds. The first-order valence-electron chi connectivity index (χ1n) is 5.96. The molecule has 0 atom stereocenters. The summed E-state index contributed by atoms with van der Waals surface area (Å²) in [5.74, 6) is -0.949. The smallest absolute Gasteiger partial charge is 0.227 e. The van der Waals surface area contributed by atoms with Crippen molar-refractivity contribution in [3.05, 3.63) is 29.0 Å². The summed E-state index contributed by atoms with van der Waals surface area (Å²) >= 11 is 5.62. The Labute approximate surface area is 110 Å². The van der Waals surface area contributed by atoms with E-state index in [0.717, 1.165) is 18.9 Å². The minimum Gasteiger partial charge on any atom is -0.389 e. The molecule has 1 saturated carbocycles. The van der Waals surface area contributed by atoms with E-state index in [4.69, 9.17) is 11.6 Å². The summed E-state index contributed by atoms with van der Waals surface area (Å²) in [5, 5.41) is 12.8. The zero-order chi connectivity index (χ0) is 13.2. The molecule has 98 valence electrons. The van der Waals surface area contributed by atoms with E-state index in [9.17, 15) is 14.3 Å². The summed E-state index contributed by atoms with van der Waals surface area (Å²) in [4.78, 5) is 11.7. The molecule has 1 aliphatic rings. The Morgan fingerprint density at radius 3 is 2.72 bits per heavy atom. The summed E-state index contributed by atoms with van der Waals surface area (Å²) in [7, 11) is 0. The van der Waals surface area contributed by atoms with Crippen LogP contribution in [0.2, 0.25) is 5.02 Å². The number of carbonyl (C=O) groups excluding carboxylic acids is 1. The zero-order valence-corrected chi connectivity index (χ0v) is 10.6. The molecule has 5 heteroatoms. The summed E-state index contributed by atoms with van der Waals surface area (Å²) < 4.78 is 13.5. The fraction of sp³-hybridized carbons (Fsp3) is 0.462. The van der Waals surface area contributed by atoms with Crippen molar-refractivity contribution in [1.82, 2.24) is 0 Å². The highest BCUT2D eigenvalue weighted by molar-refractivity contribution is 6.30. The van der Waals surface area contributed by atoms with Crippen molar-refractivity contribution in [2.24, 2.45) is 0 Å². The standard InChI is InChI=1S/C13H15ClFNO2/c14-9-3-4-11(10(15)7-9)16-12(17)8-13(18)5-1-2-6-13/h3-4,7,18H,1-2,5-6,8H2,(H,16,17). The predicted octanol–water partition coefficient (Wildman–Crippen LogP) is 3.11. The van der Waals surface area contributed by atoms with E-state index in [1.54, 1.807) is 0 Å². The Balaban J connectivity index is 1.98. The number of hydrogen-bond donors (Lipinski definition) is 2. The van der Waals surface area contributed by atoms with Gasteiger partial charge in [-0.2, -0.15) is 0 Å². The monoisotopic (exact) mass is 271 g/mol. The third-order valence-electron chi connectivity index (χ3n) is 3.23. The fourth-order valence-electron chi connectivity index (χ4n) is 2.29. The predicted molar refractivity (Wildman–Crippen MR) is 68.1 cm³/mol. The van der Waals surface area contributed by atoms with Gasteiger partial charge in [-0.25, -0.2) is 4.39 Å². The molecule has 1 fully saturated rings. The summed E-state index contributed by atoms with van der Waals surface area (Å²) in [6.45, 7) is 0. The number of anilines is 1. The van der Waals surface area contributed by atoms with E-state index in [-0.39, 0.29) is 23.0 Å². The molecule has 0 radical (unpaired) electrons. The van der Waals surface area contributed by atoms with Gasteiger partial charge in [0.15, 0.2) is 0 Å². The third-order valence-corrected chi connectivity index (χ3v) is 3.46. The van der Waals surface area contributed by atoms with Crippen LogP contribution in [0.3, 0.4) is 0 Å². The molecule has 0 aliphatic heterocycles. The normalized spacial score (nSPS) is 17.7. The van der Waals surface area contributed by atoms with Crippen LogP contribution in [0, 0.1) is 5.82 Å². The average Bonchev–Trinajstić information content (AvgIpc) is 2.69. The Morgan fingerprint density at radius 2 is 2.11 bits per heavy atom. The van der Waals surface area contributed by atoms with E-state index in [1.165, 1.54) is 12.1 Å². The van der Waals surface area contributed by atoms with Gasteiger partial charge >= 0.3 is 0 Å². The second kappa shape index (κ2) is 5.24. The molecule has 1 aliphatic carbocycles. The van der Waals surface area contributed by atoms with Gasteiger partial charge in [0.25, 0.3) is 0 Å². The third kappa shape index (κ3) is 3.21. The van der Waals surface area contributed by atoms with Crippen molar-refractivity contribution in [1.29, 1.82) is 0 Å². The van der Waals surface area contributed by atoms with Crippen LogP contribution >= 0.6 is 11.6 Å².